The lowest BCUT2D eigenvalue weighted by Crippen LogP contribution is -2.36. The molecule has 0 spiro atoms. The van der Waals surface area contributed by atoms with E-state index in [4.69, 9.17) is 4.74 Å². The molecule has 0 saturated heterocycles. The Hall–Kier alpha value is -2.81. The lowest BCUT2D eigenvalue weighted by molar-refractivity contribution is -0.150. The number of amides is 1. The molecule has 6 nitrogen and oxygen atoms in total. The summed E-state index contributed by atoms with van der Waals surface area (Å²) in [7, 11) is 0. The molecule has 1 aromatic heterocycles. The highest BCUT2D eigenvalue weighted by atomic mass is 16.5. The maximum absolute atomic E-state index is 12.2. The van der Waals surface area contributed by atoms with E-state index in [0.29, 0.717) is 6.04 Å². The van der Waals surface area contributed by atoms with Crippen LogP contribution in [0.1, 0.15) is 42.8 Å². The summed E-state index contributed by atoms with van der Waals surface area (Å²) in [4.78, 5) is 23.9. The predicted octanol–water partition coefficient (Wildman–Crippen LogP) is 2.58. The fourth-order valence-corrected chi connectivity index (χ4v) is 2.73. The van der Waals surface area contributed by atoms with Crippen LogP contribution in [-0.2, 0) is 14.3 Å². The smallest absolute Gasteiger partial charge is 0.349 e. The lowest BCUT2D eigenvalue weighted by Gasteiger charge is -2.12. The van der Waals surface area contributed by atoms with Crippen molar-refractivity contribution in [3.8, 4) is 6.07 Å². The Balaban J connectivity index is 2.13. The highest BCUT2D eigenvalue weighted by Crippen LogP contribution is 2.38. The molecule has 1 heterocycles. The average Bonchev–Trinajstić information content (AvgIpc) is 3.36. The van der Waals surface area contributed by atoms with Crippen molar-refractivity contribution in [2.24, 2.45) is 0 Å². The number of esters is 1. The van der Waals surface area contributed by atoms with Gasteiger partial charge in [0.05, 0.1) is 0 Å². The number of ether oxygens (including phenoxy) is 1. The van der Waals surface area contributed by atoms with E-state index in [-0.39, 0.29) is 12.1 Å². The summed E-state index contributed by atoms with van der Waals surface area (Å²) in [5.41, 5.74) is 2.83. The second-order valence-corrected chi connectivity index (χ2v) is 6.18. The largest absolute Gasteiger partial charge is 0.448 e. The molecule has 1 aliphatic carbocycles. The topological polar surface area (TPSA) is 84.1 Å². The van der Waals surface area contributed by atoms with Crippen LogP contribution in [0.4, 0.5) is 0 Å². The average molecular weight is 341 g/mol. The van der Waals surface area contributed by atoms with E-state index in [1.807, 2.05) is 26.0 Å². The van der Waals surface area contributed by atoms with Crippen molar-refractivity contribution in [2.45, 2.75) is 45.8 Å². The Morgan fingerprint density at radius 3 is 2.76 bits per heavy atom. The van der Waals surface area contributed by atoms with Gasteiger partial charge in [0.25, 0.3) is 5.91 Å². The van der Waals surface area contributed by atoms with E-state index in [9.17, 15) is 14.9 Å². The van der Waals surface area contributed by atoms with E-state index in [0.717, 1.165) is 29.8 Å². The van der Waals surface area contributed by atoms with Gasteiger partial charge in [-0.3, -0.25) is 4.79 Å². The highest BCUT2D eigenvalue weighted by Gasteiger charge is 2.27. The normalized spacial score (nSPS) is 15.2. The third-order valence-electron chi connectivity index (χ3n) is 4.15. The Labute approximate surface area is 147 Å². The summed E-state index contributed by atoms with van der Waals surface area (Å²) in [6, 6.07) is 4.35. The van der Waals surface area contributed by atoms with Crippen LogP contribution in [-0.4, -0.2) is 29.1 Å². The zero-order valence-corrected chi connectivity index (χ0v) is 14.8. The van der Waals surface area contributed by atoms with Gasteiger partial charge in [-0.1, -0.05) is 6.08 Å². The first-order chi connectivity index (χ1) is 11.9. The number of hydrogen-bond donors (Lipinski definition) is 1. The molecule has 132 valence electrons. The molecule has 6 heteroatoms. The van der Waals surface area contributed by atoms with E-state index in [2.05, 4.69) is 16.5 Å². The monoisotopic (exact) mass is 341 g/mol. The molecule has 1 aliphatic rings. The van der Waals surface area contributed by atoms with Crippen molar-refractivity contribution >= 4 is 18.0 Å². The summed E-state index contributed by atoms with van der Waals surface area (Å²) in [5, 5.41) is 11.8. The molecule has 1 fully saturated rings. The van der Waals surface area contributed by atoms with Crippen molar-refractivity contribution < 1.29 is 14.3 Å². The van der Waals surface area contributed by atoms with Gasteiger partial charge in [0.15, 0.2) is 6.10 Å². The number of carbonyl (C=O) groups is 2. The van der Waals surface area contributed by atoms with Gasteiger partial charge < -0.3 is 14.6 Å². The summed E-state index contributed by atoms with van der Waals surface area (Å²) < 4.78 is 7.32. The van der Waals surface area contributed by atoms with E-state index >= 15 is 0 Å². The SMILES string of the molecule is C=CCNC(=O)[C@H](C)OC(=O)/C(C#N)=C/c1cc(C)n(C2CC2)c1C. The molecule has 0 aliphatic heterocycles. The first-order valence-corrected chi connectivity index (χ1v) is 8.28. The molecule has 0 radical (unpaired) electrons. The van der Waals surface area contributed by atoms with Crippen molar-refractivity contribution in [1.29, 1.82) is 5.26 Å². The molecule has 1 aromatic rings. The standard InChI is InChI=1S/C19H23N3O3/c1-5-8-21-18(23)14(4)25-19(24)16(11-20)10-15-9-12(2)22(13(15)3)17-6-7-17/h5,9-10,14,17H,1,6-8H2,2-4H3,(H,21,23)/b16-10+/t14-/m0/s1. The van der Waals surface area contributed by atoms with Crippen LogP contribution in [0.25, 0.3) is 6.08 Å². The Morgan fingerprint density at radius 1 is 1.52 bits per heavy atom. The number of carbonyl (C=O) groups excluding carboxylic acids is 2. The fraction of sp³-hybridized carbons (Fsp3) is 0.421. The second-order valence-electron chi connectivity index (χ2n) is 6.18. The predicted molar refractivity (Wildman–Crippen MR) is 94.5 cm³/mol. The van der Waals surface area contributed by atoms with Gasteiger partial charge in [-0.05, 0) is 51.3 Å². The number of nitrogens with zero attached hydrogens (tertiary/aromatic N) is 2. The maximum atomic E-state index is 12.2. The van der Waals surface area contributed by atoms with E-state index in [1.54, 1.807) is 0 Å². The molecule has 1 amide bonds. The molecule has 25 heavy (non-hydrogen) atoms. The van der Waals surface area contributed by atoms with Crippen LogP contribution < -0.4 is 5.32 Å². The van der Waals surface area contributed by atoms with Crippen LogP contribution >= 0.6 is 0 Å². The second kappa shape index (κ2) is 7.84. The Bertz CT molecular complexity index is 764. The minimum Gasteiger partial charge on any atom is -0.448 e. The van der Waals surface area contributed by atoms with Crippen molar-refractivity contribution in [1.82, 2.24) is 9.88 Å². The van der Waals surface area contributed by atoms with Gasteiger partial charge in [-0.25, -0.2) is 4.79 Å². The molecule has 1 atom stereocenters. The summed E-state index contributed by atoms with van der Waals surface area (Å²) >= 11 is 0. The van der Waals surface area contributed by atoms with Crippen molar-refractivity contribution in [2.75, 3.05) is 6.54 Å². The fourth-order valence-electron chi connectivity index (χ4n) is 2.73. The minimum absolute atomic E-state index is 0.126. The number of hydrogen-bond acceptors (Lipinski definition) is 4. The quantitative estimate of drug-likeness (QED) is 0.357. The third-order valence-corrected chi connectivity index (χ3v) is 4.15. The Kier molecular flexibility index (Phi) is 5.81. The number of nitrogens with one attached hydrogen (secondary N) is 1. The summed E-state index contributed by atoms with van der Waals surface area (Å²) in [6.45, 7) is 9.24. The van der Waals surface area contributed by atoms with Gasteiger partial charge in [0.1, 0.15) is 11.6 Å². The van der Waals surface area contributed by atoms with Crippen LogP contribution in [0, 0.1) is 25.2 Å². The number of aryl methyl sites for hydroxylation is 1. The van der Waals surface area contributed by atoms with Crippen LogP contribution in [0.3, 0.4) is 0 Å². The summed E-state index contributed by atoms with van der Waals surface area (Å²) in [5.74, 6) is -1.24. The molecule has 1 N–H and O–H groups in total. The van der Waals surface area contributed by atoms with Gasteiger partial charge >= 0.3 is 5.97 Å². The van der Waals surface area contributed by atoms with Gasteiger partial charge in [-0.15, -0.1) is 6.58 Å². The van der Waals surface area contributed by atoms with Gasteiger partial charge in [-0.2, -0.15) is 5.26 Å². The number of aromatic nitrogens is 1. The molecule has 1 saturated carbocycles. The van der Waals surface area contributed by atoms with Crippen LogP contribution in [0.15, 0.2) is 24.3 Å². The van der Waals surface area contributed by atoms with E-state index < -0.39 is 18.0 Å². The molecular weight excluding hydrogens is 318 g/mol. The lowest BCUT2D eigenvalue weighted by atomic mass is 10.1. The zero-order valence-electron chi connectivity index (χ0n) is 14.8. The Morgan fingerprint density at radius 2 is 2.20 bits per heavy atom. The molecule has 0 bridgehead atoms. The molecule has 0 unspecified atom stereocenters. The van der Waals surface area contributed by atoms with Gasteiger partial charge in [0, 0.05) is 24.0 Å². The number of rotatable bonds is 7. The first-order valence-electron chi connectivity index (χ1n) is 8.28. The summed E-state index contributed by atoms with van der Waals surface area (Å²) in [6.07, 6.45) is 4.39. The highest BCUT2D eigenvalue weighted by molar-refractivity contribution is 5.99. The molecule has 0 aromatic carbocycles. The minimum atomic E-state index is -0.983. The first kappa shape index (κ1) is 18.5. The van der Waals surface area contributed by atoms with Crippen LogP contribution in [0.5, 0.6) is 0 Å². The zero-order chi connectivity index (χ0) is 18.6. The molecule has 2 rings (SSSR count). The number of nitriles is 1. The van der Waals surface area contributed by atoms with Crippen LogP contribution in [0.2, 0.25) is 0 Å². The van der Waals surface area contributed by atoms with Gasteiger partial charge in [0.2, 0.25) is 0 Å². The molecular formula is C19H23N3O3. The maximum Gasteiger partial charge on any atom is 0.349 e. The van der Waals surface area contributed by atoms with E-state index in [1.165, 1.54) is 19.1 Å². The van der Waals surface area contributed by atoms with Crippen molar-refractivity contribution in [3.05, 3.63) is 41.2 Å². The third kappa shape index (κ3) is 4.38. The van der Waals surface area contributed by atoms with Crippen molar-refractivity contribution in [3.63, 3.8) is 0 Å².